The normalized spacial score (nSPS) is 17.1. The first-order valence-electron chi connectivity index (χ1n) is 10.7. The number of rotatable bonds is 10. The van der Waals surface area contributed by atoms with Gasteiger partial charge in [-0.3, -0.25) is 14.7 Å². The molecule has 1 aliphatic heterocycles. The summed E-state index contributed by atoms with van der Waals surface area (Å²) in [5.41, 5.74) is 3.10. The van der Waals surface area contributed by atoms with Gasteiger partial charge in [0.15, 0.2) is 11.9 Å². The molecule has 0 unspecified atom stereocenters. The highest BCUT2D eigenvalue weighted by Gasteiger charge is 2.45. The predicted octanol–water partition coefficient (Wildman–Crippen LogP) is 1.78. The third-order valence-corrected chi connectivity index (χ3v) is 6.02. The average Bonchev–Trinajstić information content (AvgIpc) is 3.57. The number of nitrogens with zero attached hydrogens (tertiary/aromatic N) is 2. The van der Waals surface area contributed by atoms with Crippen molar-refractivity contribution in [3.63, 3.8) is 0 Å². The molecular weight excluding hydrogens is 495 g/mol. The zero-order valence-electron chi connectivity index (χ0n) is 18.5. The molecule has 2 aromatic heterocycles. The summed E-state index contributed by atoms with van der Waals surface area (Å²) in [6.07, 6.45) is 0.252. The van der Waals surface area contributed by atoms with Crippen LogP contribution >= 0.6 is 7.82 Å². The van der Waals surface area contributed by atoms with Crippen LogP contribution in [0.4, 0.5) is 0 Å². The number of nitrogens with one attached hydrogen (secondary N) is 2. The van der Waals surface area contributed by atoms with Crippen LogP contribution in [0.1, 0.15) is 11.1 Å². The van der Waals surface area contributed by atoms with Crippen LogP contribution in [-0.2, 0) is 41.3 Å². The molecule has 1 aliphatic rings. The molecule has 3 heterocycles. The standard InChI is InChI=1S/C22H21N4O9P/c27-9-18(35-36(29,30)31)19-20(32-10-12-1-3-16-14(5-12)7-23-25-16)21(22(28)34-19)33-11-13-2-4-17-15(6-13)8-24-26-17/h1-8,18-19,27H,9-11H2,(H,23,25)(H,24,26)(H2,29,30,31)/t18-,19+/m0/s1. The van der Waals surface area contributed by atoms with Gasteiger partial charge in [-0.15, -0.1) is 0 Å². The van der Waals surface area contributed by atoms with Crippen LogP contribution in [0.15, 0.2) is 60.3 Å². The molecule has 0 bridgehead atoms. The molecule has 13 nitrogen and oxygen atoms in total. The summed E-state index contributed by atoms with van der Waals surface area (Å²) in [4.78, 5) is 31.2. The number of hydrogen-bond acceptors (Lipinski definition) is 9. The van der Waals surface area contributed by atoms with Gasteiger partial charge in [0.1, 0.15) is 19.3 Å². The van der Waals surface area contributed by atoms with E-state index in [1.807, 2.05) is 18.2 Å². The number of H-pyrrole nitrogens is 2. The number of carbonyl (C=O) groups is 1. The molecular formula is C22H21N4O9P. The number of ether oxygens (including phenoxy) is 3. The van der Waals surface area contributed by atoms with Crippen LogP contribution in [0.25, 0.3) is 21.8 Å². The zero-order valence-corrected chi connectivity index (χ0v) is 19.4. The van der Waals surface area contributed by atoms with Crippen LogP contribution in [0.2, 0.25) is 0 Å². The van der Waals surface area contributed by atoms with Crippen molar-refractivity contribution in [2.24, 2.45) is 0 Å². The van der Waals surface area contributed by atoms with Crippen LogP contribution in [-0.4, -0.2) is 60.1 Å². The van der Waals surface area contributed by atoms with Crippen molar-refractivity contribution in [1.82, 2.24) is 20.4 Å². The first-order chi connectivity index (χ1) is 17.3. The van der Waals surface area contributed by atoms with E-state index in [1.165, 1.54) is 0 Å². The molecule has 5 rings (SSSR count). The van der Waals surface area contributed by atoms with E-state index >= 15 is 0 Å². The number of aliphatic hydroxyl groups excluding tert-OH is 1. The maximum Gasteiger partial charge on any atom is 0.470 e. The Morgan fingerprint density at radius 3 is 2.11 bits per heavy atom. The second kappa shape index (κ2) is 9.72. The molecule has 2 atom stereocenters. The lowest BCUT2D eigenvalue weighted by Gasteiger charge is -2.23. The second-order valence-corrected chi connectivity index (χ2v) is 9.19. The predicted molar refractivity (Wildman–Crippen MR) is 123 cm³/mol. The Hall–Kier alpha value is -3.74. The minimum absolute atomic E-state index is 0.0325. The lowest BCUT2D eigenvalue weighted by Crippen LogP contribution is -2.34. The second-order valence-electron chi connectivity index (χ2n) is 8.00. The number of benzene rings is 2. The first-order valence-corrected chi connectivity index (χ1v) is 12.2. The van der Waals surface area contributed by atoms with E-state index in [0.717, 1.165) is 32.9 Å². The van der Waals surface area contributed by atoms with E-state index in [0.29, 0.717) is 0 Å². The van der Waals surface area contributed by atoms with Crippen LogP contribution in [0, 0.1) is 0 Å². The topological polar surface area (TPSA) is 189 Å². The molecule has 0 amide bonds. The Bertz CT molecular complexity index is 1490. The summed E-state index contributed by atoms with van der Waals surface area (Å²) in [5.74, 6) is -1.36. The Kier molecular flexibility index (Phi) is 6.48. The molecule has 0 radical (unpaired) electrons. The molecule has 188 valence electrons. The average molecular weight is 516 g/mol. The van der Waals surface area contributed by atoms with Gasteiger partial charge in [-0.1, -0.05) is 12.1 Å². The van der Waals surface area contributed by atoms with Crippen molar-refractivity contribution in [2.45, 2.75) is 25.4 Å². The number of phosphoric acid groups is 1. The monoisotopic (exact) mass is 516 g/mol. The summed E-state index contributed by atoms with van der Waals surface area (Å²) in [5, 5.41) is 25.0. The SMILES string of the molecule is O=C1O[C@H]([C@H](CO)OP(=O)(O)O)C(OCc2ccc3[nH]ncc3c2)=C1OCc1ccc2[nH]ncc2c1. The van der Waals surface area contributed by atoms with Gasteiger partial charge in [0.05, 0.1) is 30.0 Å². The highest BCUT2D eigenvalue weighted by atomic mass is 31.2. The highest BCUT2D eigenvalue weighted by molar-refractivity contribution is 7.46. The third kappa shape index (κ3) is 5.10. The molecule has 0 fully saturated rings. The number of hydrogen-bond donors (Lipinski definition) is 5. The van der Waals surface area contributed by atoms with Crippen molar-refractivity contribution in [1.29, 1.82) is 0 Å². The zero-order chi connectivity index (χ0) is 25.3. The van der Waals surface area contributed by atoms with Crippen molar-refractivity contribution in [3.05, 3.63) is 71.4 Å². The number of phosphoric ester groups is 1. The largest absolute Gasteiger partial charge is 0.485 e. The van der Waals surface area contributed by atoms with Gasteiger partial charge in [-0.25, -0.2) is 9.36 Å². The van der Waals surface area contributed by atoms with Gasteiger partial charge in [0.2, 0.25) is 5.76 Å². The van der Waals surface area contributed by atoms with Gasteiger partial charge >= 0.3 is 13.8 Å². The minimum Gasteiger partial charge on any atom is -0.485 e. The van der Waals surface area contributed by atoms with Gasteiger partial charge in [-0.2, -0.15) is 10.2 Å². The minimum atomic E-state index is -5.02. The number of carbonyl (C=O) groups excluding carboxylic acids is 1. The molecule has 0 saturated heterocycles. The van der Waals surface area contributed by atoms with E-state index < -0.39 is 32.6 Å². The molecule has 0 aliphatic carbocycles. The molecule has 5 N–H and O–H groups in total. The summed E-state index contributed by atoms with van der Waals surface area (Å²) in [6, 6.07) is 10.8. The van der Waals surface area contributed by atoms with E-state index in [2.05, 4.69) is 24.9 Å². The Morgan fingerprint density at radius 2 is 1.56 bits per heavy atom. The number of aromatic nitrogens is 4. The molecule has 4 aromatic rings. The number of aliphatic hydroxyl groups is 1. The van der Waals surface area contributed by atoms with Gasteiger partial charge in [0.25, 0.3) is 0 Å². The summed E-state index contributed by atoms with van der Waals surface area (Å²) < 4.78 is 32.9. The summed E-state index contributed by atoms with van der Waals surface area (Å²) in [7, 11) is -5.02. The fourth-order valence-electron chi connectivity index (χ4n) is 3.82. The Morgan fingerprint density at radius 1 is 0.972 bits per heavy atom. The fourth-order valence-corrected chi connectivity index (χ4v) is 4.35. The number of esters is 1. The van der Waals surface area contributed by atoms with Crippen molar-refractivity contribution < 1.29 is 43.0 Å². The smallest absolute Gasteiger partial charge is 0.470 e. The van der Waals surface area contributed by atoms with E-state index in [-0.39, 0.29) is 24.7 Å². The first kappa shape index (κ1) is 24.0. The van der Waals surface area contributed by atoms with E-state index in [1.54, 1.807) is 30.6 Å². The maximum atomic E-state index is 12.7. The summed E-state index contributed by atoms with van der Waals surface area (Å²) in [6.45, 7) is -0.928. The van der Waals surface area contributed by atoms with Crippen LogP contribution in [0.3, 0.4) is 0 Å². The lowest BCUT2D eigenvalue weighted by atomic mass is 10.1. The highest BCUT2D eigenvalue weighted by Crippen LogP contribution is 2.41. The number of cyclic esters (lactones) is 1. The summed E-state index contributed by atoms with van der Waals surface area (Å²) >= 11 is 0. The molecule has 0 saturated carbocycles. The Labute approximate surface area is 202 Å². The van der Waals surface area contributed by atoms with Crippen molar-refractivity contribution in [3.8, 4) is 0 Å². The van der Waals surface area contributed by atoms with E-state index in [4.69, 9.17) is 14.2 Å². The molecule has 2 aromatic carbocycles. The number of aromatic amines is 2. The van der Waals surface area contributed by atoms with Gasteiger partial charge in [0, 0.05) is 10.8 Å². The van der Waals surface area contributed by atoms with E-state index in [9.17, 15) is 24.3 Å². The molecule has 14 heteroatoms. The lowest BCUT2D eigenvalue weighted by molar-refractivity contribution is -0.148. The molecule has 36 heavy (non-hydrogen) atoms. The van der Waals surface area contributed by atoms with Gasteiger partial charge < -0.3 is 29.1 Å². The van der Waals surface area contributed by atoms with Crippen LogP contribution < -0.4 is 0 Å². The third-order valence-electron chi connectivity index (χ3n) is 5.48. The Balaban J connectivity index is 1.42. The van der Waals surface area contributed by atoms with Crippen molar-refractivity contribution in [2.75, 3.05) is 6.61 Å². The van der Waals surface area contributed by atoms with Crippen LogP contribution in [0.5, 0.6) is 0 Å². The fraction of sp³-hybridized carbons (Fsp3) is 0.227. The molecule has 0 spiro atoms. The maximum absolute atomic E-state index is 12.7. The quantitative estimate of drug-likeness (QED) is 0.153. The number of fused-ring (bicyclic) bond motifs is 2. The van der Waals surface area contributed by atoms with Crippen molar-refractivity contribution >= 4 is 35.6 Å². The van der Waals surface area contributed by atoms with Gasteiger partial charge in [-0.05, 0) is 35.4 Å².